The summed E-state index contributed by atoms with van der Waals surface area (Å²) < 4.78 is 11.6. The molecular formula is C20H26N2O3. The van der Waals surface area contributed by atoms with Crippen molar-refractivity contribution in [1.29, 1.82) is 0 Å². The topological polar surface area (TPSA) is 54.7 Å². The molecule has 2 aromatic rings. The van der Waals surface area contributed by atoms with Crippen molar-refractivity contribution in [2.45, 2.75) is 38.8 Å². The Morgan fingerprint density at radius 2 is 2.00 bits per heavy atom. The number of morpholine rings is 1. The average molecular weight is 342 g/mol. The van der Waals surface area contributed by atoms with Crippen LogP contribution in [0.3, 0.4) is 0 Å². The fraction of sp³-hybridized carbons (Fsp3) is 0.550. The number of hydrogen-bond acceptors (Lipinski definition) is 5. The van der Waals surface area contributed by atoms with E-state index in [9.17, 15) is 4.79 Å². The maximum absolute atomic E-state index is 12.1. The van der Waals surface area contributed by atoms with Gasteiger partial charge in [0.05, 0.1) is 12.2 Å². The lowest BCUT2D eigenvalue weighted by Crippen LogP contribution is -2.55. The second-order valence-electron chi connectivity index (χ2n) is 7.54. The van der Waals surface area contributed by atoms with Gasteiger partial charge in [0.15, 0.2) is 0 Å². The Morgan fingerprint density at radius 3 is 2.80 bits per heavy atom. The van der Waals surface area contributed by atoms with Crippen LogP contribution in [0.2, 0.25) is 0 Å². The van der Waals surface area contributed by atoms with Gasteiger partial charge < -0.3 is 14.5 Å². The molecule has 0 amide bonds. The highest BCUT2D eigenvalue weighted by Crippen LogP contribution is 2.29. The molecule has 134 valence electrons. The molecule has 0 bridgehead atoms. The summed E-state index contributed by atoms with van der Waals surface area (Å²) in [6.45, 7) is 9.49. The molecule has 1 aromatic heterocycles. The number of piperidine rings is 1. The normalized spacial score (nSPS) is 21.0. The van der Waals surface area contributed by atoms with E-state index in [1.807, 2.05) is 6.92 Å². The second-order valence-corrected chi connectivity index (χ2v) is 7.54. The van der Waals surface area contributed by atoms with E-state index in [4.69, 9.17) is 9.15 Å². The first-order valence-corrected chi connectivity index (χ1v) is 9.16. The zero-order valence-corrected chi connectivity index (χ0v) is 15.1. The van der Waals surface area contributed by atoms with Crippen LogP contribution >= 0.6 is 0 Å². The number of ether oxygens (including phenoxy) is 1. The number of benzene rings is 1. The average Bonchev–Trinajstić information content (AvgIpc) is 2.57. The summed E-state index contributed by atoms with van der Waals surface area (Å²) in [4.78, 5) is 14.5. The van der Waals surface area contributed by atoms with Crippen molar-refractivity contribution >= 4 is 11.0 Å². The predicted molar refractivity (Wildman–Crippen MR) is 98.0 cm³/mol. The molecular weight excluding hydrogens is 316 g/mol. The number of fused-ring (bicyclic) bond motifs is 1. The van der Waals surface area contributed by atoms with E-state index in [-0.39, 0.29) is 11.2 Å². The standard InChI is InChI=1S/C20H26N2O3/c1-14-9-15(2)19-17(10-14)16(11-18(23)25-19)12-22-7-8-24-20(13-22)3-5-21-6-4-20/h9-11,21H,3-8,12-13H2,1-2H3. The van der Waals surface area contributed by atoms with Crippen LogP contribution in [-0.4, -0.2) is 43.3 Å². The molecule has 1 spiro atoms. The van der Waals surface area contributed by atoms with Crippen molar-refractivity contribution in [3.05, 3.63) is 45.3 Å². The van der Waals surface area contributed by atoms with Crippen molar-refractivity contribution in [2.24, 2.45) is 0 Å². The summed E-state index contributed by atoms with van der Waals surface area (Å²) in [5.41, 5.74) is 3.70. The number of aryl methyl sites for hydroxylation is 2. The highest BCUT2D eigenvalue weighted by atomic mass is 16.5. The molecule has 1 aromatic carbocycles. The Balaban J connectivity index is 1.65. The minimum absolute atomic E-state index is 0.0232. The SMILES string of the molecule is Cc1cc(C)c2oc(=O)cc(CN3CCOC4(CCNCC4)C3)c2c1. The maximum atomic E-state index is 12.1. The molecule has 0 unspecified atom stereocenters. The molecule has 4 rings (SSSR count). The van der Waals surface area contributed by atoms with Gasteiger partial charge in [-0.05, 0) is 62.5 Å². The fourth-order valence-corrected chi connectivity index (χ4v) is 4.29. The Kier molecular flexibility index (Phi) is 4.40. The second kappa shape index (κ2) is 6.56. The smallest absolute Gasteiger partial charge is 0.336 e. The third kappa shape index (κ3) is 3.36. The molecule has 0 aliphatic carbocycles. The highest BCUT2D eigenvalue weighted by Gasteiger charge is 2.37. The minimum Gasteiger partial charge on any atom is -0.422 e. The molecule has 2 saturated heterocycles. The van der Waals surface area contributed by atoms with Gasteiger partial charge in [-0.2, -0.15) is 0 Å². The third-order valence-corrected chi connectivity index (χ3v) is 5.50. The molecule has 3 heterocycles. The first-order valence-electron chi connectivity index (χ1n) is 9.16. The Bertz CT molecular complexity index is 831. The highest BCUT2D eigenvalue weighted by molar-refractivity contribution is 5.83. The monoisotopic (exact) mass is 342 g/mol. The van der Waals surface area contributed by atoms with Crippen molar-refractivity contribution in [3.8, 4) is 0 Å². The third-order valence-electron chi connectivity index (χ3n) is 5.50. The molecule has 0 saturated carbocycles. The van der Waals surface area contributed by atoms with Crippen molar-refractivity contribution in [2.75, 3.05) is 32.8 Å². The molecule has 25 heavy (non-hydrogen) atoms. The first kappa shape index (κ1) is 16.8. The lowest BCUT2D eigenvalue weighted by atomic mass is 9.90. The van der Waals surface area contributed by atoms with E-state index < -0.39 is 0 Å². The van der Waals surface area contributed by atoms with Crippen LogP contribution in [0, 0.1) is 13.8 Å². The van der Waals surface area contributed by atoms with Crippen LogP contribution in [0.15, 0.2) is 27.4 Å². The summed E-state index contributed by atoms with van der Waals surface area (Å²) in [5.74, 6) is 0. The lowest BCUT2D eigenvalue weighted by Gasteiger charge is -2.45. The maximum Gasteiger partial charge on any atom is 0.336 e. The van der Waals surface area contributed by atoms with Crippen LogP contribution in [0.5, 0.6) is 0 Å². The van der Waals surface area contributed by atoms with Crippen molar-refractivity contribution in [1.82, 2.24) is 10.2 Å². The van der Waals surface area contributed by atoms with Gasteiger partial charge in [0, 0.05) is 31.1 Å². The zero-order chi connectivity index (χ0) is 17.4. The molecule has 5 nitrogen and oxygen atoms in total. The minimum atomic E-state index is -0.265. The molecule has 1 N–H and O–H groups in total. The summed E-state index contributed by atoms with van der Waals surface area (Å²) in [6, 6.07) is 5.85. The van der Waals surface area contributed by atoms with Gasteiger partial charge in [-0.3, -0.25) is 4.90 Å². The quantitative estimate of drug-likeness (QED) is 0.849. The van der Waals surface area contributed by atoms with Gasteiger partial charge in [-0.15, -0.1) is 0 Å². The Morgan fingerprint density at radius 1 is 1.20 bits per heavy atom. The Labute approximate surface area is 148 Å². The van der Waals surface area contributed by atoms with E-state index in [0.29, 0.717) is 0 Å². The molecule has 0 atom stereocenters. The molecule has 2 aliphatic heterocycles. The zero-order valence-electron chi connectivity index (χ0n) is 15.1. The van der Waals surface area contributed by atoms with Gasteiger partial charge >= 0.3 is 5.63 Å². The summed E-state index contributed by atoms with van der Waals surface area (Å²) in [7, 11) is 0. The number of nitrogens with one attached hydrogen (secondary N) is 1. The number of rotatable bonds is 2. The summed E-state index contributed by atoms with van der Waals surface area (Å²) in [6.07, 6.45) is 2.11. The van der Waals surface area contributed by atoms with E-state index in [0.717, 1.165) is 74.3 Å². The van der Waals surface area contributed by atoms with E-state index >= 15 is 0 Å². The number of hydrogen-bond donors (Lipinski definition) is 1. The molecule has 2 fully saturated rings. The van der Waals surface area contributed by atoms with Gasteiger partial charge in [0.1, 0.15) is 5.58 Å². The summed E-state index contributed by atoms with van der Waals surface area (Å²) in [5, 5.41) is 4.47. The predicted octanol–water partition coefficient (Wildman–Crippen LogP) is 2.36. The molecule has 0 radical (unpaired) electrons. The van der Waals surface area contributed by atoms with E-state index in [2.05, 4.69) is 29.3 Å². The molecule has 5 heteroatoms. The van der Waals surface area contributed by atoms with Gasteiger partial charge in [0.25, 0.3) is 0 Å². The van der Waals surface area contributed by atoms with Crippen LogP contribution in [-0.2, 0) is 11.3 Å². The van der Waals surface area contributed by atoms with Gasteiger partial charge in [-0.1, -0.05) is 6.07 Å². The number of nitrogens with zero attached hydrogens (tertiary/aromatic N) is 1. The first-order chi connectivity index (χ1) is 12.0. The van der Waals surface area contributed by atoms with Crippen LogP contribution in [0.1, 0.15) is 29.5 Å². The largest absolute Gasteiger partial charge is 0.422 e. The fourth-order valence-electron chi connectivity index (χ4n) is 4.29. The summed E-state index contributed by atoms with van der Waals surface area (Å²) >= 11 is 0. The molecule has 2 aliphatic rings. The van der Waals surface area contributed by atoms with Gasteiger partial charge in [-0.25, -0.2) is 4.79 Å². The van der Waals surface area contributed by atoms with Crippen LogP contribution in [0.4, 0.5) is 0 Å². The van der Waals surface area contributed by atoms with Crippen molar-refractivity contribution in [3.63, 3.8) is 0 Å². The lowest BCUT2D eigenvalue weighted by molar-refractivity contribution is -0.125. The van der Waals surface area contributed by atoms with E-state index in [1.54, 1.807) is 6.07 Å². The van der Waals surface area contributed by atoms with Crippen LogP contribution < -0.4 is 10.9 Å². The van der Waals surface area contributed by atoms with Crippen LogP contribution in [0.25, 0.3) is 11.0 Å². The van der Waals surface area contributed by atoms with Gasteiger partial charge in [0.2, 0.25) is 0 Å². The van der Waals surface area contributed by atoms with E-state index in [1.165, 1.54) is 5.56 Å². The Hall–Kier alpha value is -1.69. The van der Waals surface area contributed by atoms with Crippen molar-refractivity contribution < 1.29 is 9.15 Å².